The van der Waals surface area contributed by atoms with E-state index in [1.54, 1.807) is 6.92 Å². The minimum absolute atomic E-state index is 0.162. The molecule has 0 spiro atoms. The summed E-state index contributed by atoms with van der Waals surface area (Å²) in [6, 6.07) is 18.6. The predicted octanol–water partition coefficient (Wildman–Crippen LogP) is 2.85. The van der Waals surface area contributed by atoms with Gasteiger partial charge in [0.05, 0.1) is 5.92 Å². The molecule has 2 aromatic rings. The lowest BCUT2D eigenvalue weighted by Crippen LogP contribution is -2.46. The second kappa shape index (κ2) is 8.87. The zero-order chi connectivity index (χ0) is 17.4. The number of hydrogen-bond donors (Lipinski definition) is 2. The fourth-order valence-corrected chi connectivity index (χ4v) is 2.55. The van der Waals surface area contributed by atoms with Crippen molar-refractivity contribution in [2.75, 3.05) is 6.54 Å². The first-order chi connectivity index (χ1) is 11.6. The maximum absolute atomic E-state index is 12.8. The van der Waals surface area contributed by atoms with Gasteiger partial charge < -0.3 is 10.6 Å². The fourth-order valence-electron chi connectivity index (χ4n) is 2.55. The molecule has 24 heavy (non-hydrogen) atoms. The molecule has 4 nitrogen and oxygen atoms in total. The van der Waals surface area contributed by atoms with Crippen molar-refractivity contribution in [3.63, 3.8) is 0 Å². The Morgan fingerprint density at radius 2 is 1.38 bits per heavy atom. The molecule has 0 radical (unpaired) electrons. The van der Waals surface area contributed by atoms with E-state index >= 15 is 0 Å². The van der Waals surface area contributed by atoms with Gasteiger partial charge in [0.1, 0.15) is 6.04 Å². The van der Waals surface area contributed by atoms with Crippen molar-refractivity contribution in [3.8, 4) is 0 Å². The van der Waals surface area contributed by atoms with Crippen LogP contribution in [-0.4, -0.2) is 24.4 Å². The molecule has 2 rings (SSSR count). The van der Waals surface area contributed by atoms with Gasteiger partial charge in [-0.2, -0.15) is 0 Å². The molecule has 0 bridgehead atoms. The third-order valence-electron chi connectivity index (χ3n) is 3.83. The van der Waals surface area contributed by atoms with Crippen LogP contribution in [0.15, 0.2) is 60.7 Å². The van der Waals surface area contributed by atoms with Gasteiger partial charge in [0.25, 0.3) is 0 Å². The van der Waals surface area contributed by atoms with Gasteiger partial charge in [0.15, 0.2) is 0 Å². The van der Waals surface area contributed by atoms with Crippen LogP contribution in [0.4, 0.5) is 0 Å². The van der Waals surface area contributed by atoms with Crippen LogP contribution in [0.25, 0.3) is 0 Å². The minimum Gasteiger partial charge on any atom is -0.354 e. The monoisotopic (exact) mass is 324 g/mol. The molecular weight excluding hydrogens is 300 g/mol. The van der Waals surface area contributed by atoms with Crippen molar-refractivity contribution >= 4 is 11.8 Å². The molecule has 0 heterocycles. The van der Waals surface area contributed by atoms with Gasteiger partial charge in [0.2, 0.25) is 11.8 Å². The van der Waals surface area contributed by atoms with E-state index in [1.165, 1.54) is 0 Å². The maximum atomic E-state index is 12.8. The maximum Gasteiger partial charge on any atom is 0.242 e. The Balaban J connectivity index is 2.18. The molecule has 0 aliphatic carbocycles. The van der Waals surface area contributed by atoms with Crippen molar-refractivity contribution in [3.05, 3.63) is 71.8 Å². The van der Waals surface area contributed by atoms with E-state index in [-0.39, 0.29) is 11.8 Å². The Kier molecular flexibility index (Phi) is 6.55. The summed E-state index contributed by atoms with van der Waals surface area (Å²) in [4.78, 5) is 24.8. The lowest BCUT2D eigenvalue weighted by atomic mass is 9.90. The highest BCUT2D eigenvalue weighted by atomic mass is 16.2. The Morgan fingerprint density at radius 3 is 1.83 bits per heavy atom. The summed E-state index contributed by atoms with van der Waals surface area (Å²) in [5.74, 6) is -0.773. The Morgan fingerprint density at radius 1 is 0.875 bits per heavy atom. The second-order valence-corrected chi connectivity index (χ2v) is 5.78. The molecule has 1 atom stereocenters. The number of amides is 2. The standard InChI is InChI=1S/C20H24N2O2/c1-3-14-21-19(23)15(2)22-20(24)18(16-10-6-4-7-11-16)17-12-8-5-9-13-17/h4-13,15,18H,3,14H2,1-2H3,(H,21,23)(H,22,24)/t15-/m0/s1. The quantitative estimate of drug-likeness (QED) is 0.823. The lowest BCUT2D eigenvalue weighted by Gasteiger charge is -2.21. The molecule has 0 aliphatic heterocycles. The van der Waals surface area contributed by atoms with Crippen molar-refractivity contribution in [2.24, 2.45) is 0 Å². The molecule has 4 heteroatoms. The molecule has 0 unspecified atom stereocenters. The van der Waals surface area contributed by atoms with Crippen LogP contribution in [0.3, 0.4) is 0 Å². The molecule has 0 aliphatic rings. The molecular formula is C20H24N2O2. The summed E-state index contributed by atoms with van der Waals surface area (Å²) in [6.45, 7) is 4.31. The van der Waals surface area contributed by atoms with E-state index in [0.717, 1.165) is 17.5 Å². The summed E-state index contributed by atoms with van der Waals surface area (Å²) >= 11 is 0. The average molecular weight is 324 g/mol. The number of hydrogen-bond acceptors (Lipinski definition) is 2. The Hall–Kier alpha value is -2.62. The Labute approximate surface area is 143 Å². The van der Waals surface area contributed by atoms with Crippen LogP contribution in [0.2, 0.25) is 0 Å². The van der Waals surface area contributed by atoms with Gasteiger partial charge in [-0.15, -0.1) is 0 Å². The van der Waals surface area contributed by atoms with E-state index in [1.807, 2.05) is 67.6 Å². The largest absolute Gasteiger partial charge is 0.354 e. The zero-order valence-corrected chi connectivity index (χ0v) is 14.2. The van der Waals surface area contributed by atoms with Crippen LogP contribution in [-0.2, 0) is 9.59 Å². The number of rotatable bonds is 7. The highest BCUT2D eigenvalue weighted by Crippen LogP contribution is 2.24. The summed E-state index contributed by atoms with van der Waals surface area (Å²) in [5, 5.41) is 5.64. The normalized spacial score (nSPS) is 11.8. The highest BCUT2D eigenvalue weighted by molar-refractivity contribution is 5.92. The smallest absolute Gasteiger partial charge is 0.242 e. The van der Waals surface area contributed by atoms with Crippen molar-refractivity contribution < 1.29 is 9.59 Å². The third kappa shape index (κ3) is 4.69. The van der Waals surface area contributed by atoms with Crippen LogP contribution in [0, 0.1) is 0 Å². The van der Waals surface area contributed by atoms with Crippen LogP contribution >= 0.6 is 0 Å². The minimum atomic E-state index is -0.570. The Bertz CT molecular complexity index is 616. The number of carbonyl (C=O) groups excluding carboxylic acids is 2. The average Bonchev–Trinajstić information content (AvgIpc) is 2.61. The summed E-state index contributed by atoms with van der Waals surface area (Å²) < 4.78 is 0. The molecule has 0 saturated heterocycles. The second-order valence-electron chi connectivity index (χ2n) is 5.78. The van der Waals surface area contributed by atoms with Crippen LogP contribution < -0.4 is 10.6 Å². The third-order valence-corrected chi connectivity index (χ3v) is 3.83. The van der Waals surface area contributed by atoms with E-state index in [0.29, 0.717) is 6.54 Å². The van der Waals surface area contributed by atoms with Crippen LogP contribution in [0.1, 0.15) is 37.3 Å². The van der Waals surface area contributed by atoms with Gasteiger partial charge in [-0.3, -0.25) is 9.59 Å². The van der Waals surface area contributed by atoms with E-state index < -0.39 is 12.0 Å². The van der Waals surface area contributed by atoms with Gasteiger partial charge >= 0.3 is 0 Å². The number of benzene rings is 2. The van der Waals surface area contributed by atoms with Gasteiger partial charge in [-0.1, -0.05) is 67.6 Å². The van der Waals surface area contributed by atoms with Gasteiger partial charge in [-0.05, 0) is 24.5 Å². The first-order valence-electron chi connectivity index (χ1n) is 8.31. The molecule has 0 fully saturated rings. The van der Waals surface area contributed by atoms with E-state index in [2.05, 4.69) is 10.6 Å². The van der Waals surface area contributed by atoms with Crippen molar-refractivity contribution in [2.45, 2.75) is 32.2 Å². The molecule has 0 saturated carbocycles. The van der Waals surface area contributed by atoms with Crippen molar-refractivity contribution in [1.29, 1.82) is 0 Å². The summed E-state index contributed by atoms with van der Waals surface area (Å²) in [6.07, 6.45) is 0.864. The first-order valence-corrected chi connectivity index (χ1v) is 8.31. The molecule has 2 N–H and O–H groups in total. The van der Waals surface area contributed by atoms with Crippen molar-refractivity contribution in [1.82, 2.24) is 10.6 Å². The first kappa shape index (κ1) is 17.7. The summed E-state index contributed by atoms with van der Waals surface area (Å²) in [5.41, 5.74) is 1.81. The lowest BCUT2D eigenvalue weighted by molar-refractivity contribution is -0.128. The highest BCUT2D eigenvalue weighted by Gasteiger charge is 2.25. The van der Waals surface area contributed by atoms with Gasteiger partial charge in [-0.25, -0.2) is 0 Å². The molecule has 126 valence electrons. The van der Waals surface area contributed by atoms with E-state index in [9.17, 15) is 9.59 Å². The van der Waals surface area contributed by atoms with Gasteiger partial charge in [0, 0.05) is 6.54 Å². The fraction of sp³-hybridized carbons (Fsp3) is 0.300. The number of carbonyl (C=O) groups is 2. The topological polar surface area (TPSA) is 58.2 Å². The zero-order valence-electron chi connectivity index (χ0n) is 14.2. The van der Waals surface area contributed by atoms with E-state index in [4.69, 9.17) is 0 Å². The molecule has 2 amide bonds. The SMILES string of the molecule is CCCNC(=O)[C@H](C)NC(=O)C(c1ccccc1)c1ccccc1. The number of nitrogens with one attached hydrogen (secondary N) is 2. The predicted molar refractivity (Wildman–Crippen MR) is 95.6 cm³/mol. The summed E-state index contributed by atoms with van der Waals surface area (Å²) in [7, 11) is 0. The molecule has 2 aromatic carbocycles. The van der Waals surface area contributed by atoms with Crippen LogP contribution in [0.5, 0.6) is 0 Å². The molecule has 0 aromatic heterocycles.